The van der Waals surface area contributed by atoms with Crippen LogP contribution in [0.1, 0.15) is 37.8 Å². The summed E-state index contributed by atoms with van der Waals surface area (Å²) in [6.07, 6.45) is 2.58. The molecule has 2 aliphatic heterocycles. The molecule has 1 spiro atoms. The molecule has 3 heteroatoms. The second-order valence-corrected chi connectivity index (χ2v) is 8.95. The molecule has 2 aliphatic rings. The van der Waals surface area contributed by atoms with Crippen LogP contribution >= 0.6 is 0 Å². The molecule has 0 amide bonds. The average molecular weight is 367 g/mol. The highest BCUT2D eigenvalue weighted by atomic mass is 19.1. The predicted octanol–water partition coefficient (Wildman–Crippen LogP) is 5.11. The number of benzene rings is 2. The number of halogens is 1. The largest absolute Gasteiger partial charge is 0.301 e. The summed E-state index contributed by atoms with van der Waals surface area (Å²) < 4.78 is 14.7. The van der Waals surface area contributed by atoms with Crippen LogP contribution in [0.5, 0.6) is 0 Å². The molecule has 2 heterocycles. The standard InChI is InChI=1S/C24H31FN2/c1-18(2)27-11-9-24(10-12-27)16-26(17-24)15-22-8-7-21(14-23(22)25)20-6-4-5-19(3)13-20/h4-8,13-14,18H,9-12,15-17H2,1-3H3. The summed E-state index contributed by atoms with van der Waals surface area (Å²) in [5.74, 6) is -0.0791. The zero-order valence-electron chi connectivity index (χ0n) is 16.8. The van der Waals surface area contributed by atoms with E-state index in [0.29, 0.717) is 11.5 Å². The van der Waals surface area contributed by atoms with Crippen LogP contribution < -0.4 is 0 Å². The number of hydrogen-bond acceptors (Lipinski definition) is 2. The number of rotatable bonds is 4. The molecular formula is C24H31FN2. The molecule has 4 rings (SSSR count). The maximum absolute atomic E-state index is 14.7. The van der Waals surface area contributed by atoms with Gasteiger partial charge in [0.2, 0.25) is 0 Å². The predicted molar refractivity (Wildman–Crippen MR) is 110 cm³/mol. The quantitative estimate of drug-likeness (QED) is 0.742. The molecule has 27 heavy (non-hydrogen) atoms. The fourth-order valence-electron chi connectivity index (χ4n) is 4.77. The summed E-state index contributed by atoms with van der Waals surface area (Å²) in [4.78, 5) is 4.99. The number of likely N-dealkylation sites (tertiary alicyclic amines) is 2. The van der Waals surface area contributed by atoms with Gasteiger partial charge in [0.25, 0.3) is 0 Å². The summed E-state index contributed by atoms with van der Waals surface area (Å²) in [5.41, 5.74) is 4.55. The van der Waals surface area contributed by atoms with Gasteiger partial charge in [-0.25, -0.2) is 4.39 Å². The fraction of sp³-hybridized carbons (Fsp3) is 0.500. The normalized spacial score (nSPS) is 20.2. The third-order valence-electron chi connectivity index (χ3n) is 6.51. The first-order chi connectivity index (χ1) is 12.9. The van der Waals surface area contributed by atoms with Crippen LogP contribution in [0.4, 0.5) is 4.39 Å². The fourth-order valence-corrected chi connectivity index (χ4v) is 4.77. The lowest BCUT2D eigenvalue weighted by Gasteiger charge is -2.54. The zero-order valence-corrected chi connectivity index (χ0v) is 16.8. The Morgan fingerprint density at radius 1 is 1.00 bits per heavy atom. The minimum absolute atomic E-state index is 0.0791. The lowest BCUT2D eigenvalue weighted by molar-refractivity contribution is -0.0560. The van der Waals surface area contributed by atoms with Crippen molar-refractivity contribution in [2.24, 2.45) is 5.41 Å². The second kappa shape index (κ2) is 7.37. The van der Waals surface area contributed by atoms with Gasteiger partial charge in [0.1, 0.15) is 5.82 Å². The highest BCUT2D eigenvalue weighted by molar-refractivity contribution is 5.64. The number of aryl methyl sites for hydroxylation is 1. The van der Waals surface area contributed by atoms with Crippen molar-refractivity contribution < 1.29 is 4.39 Å². The summed E-state index contributed by atoms with van der Waals surface area (Å²) in [6.45, 7) is 12.0. The molecular weight excluding hydrogens is 335 g/mol. The van der Waals surface area contributed by atoms with Crippen molar-refractivity contribution in [3.8, 4) is 11.1 Å². The number of hydrogen-bond donors (Lipinski definition) is 0. The Hall–Kier alpha value is -1.71. The molecule has 0 aliphatic carbocycles. The van der Waals surface area contributed by atoms with Crippen LogP contribution in [-0.4, -0.2) is 42.0 Å². The van der Waals surface area contributed by atoms with Crippen molar-refractivity contribution in [3.05, 3.63) is 59.4 Å². The van der Waals surface area contributed by atoms with E-state index in [2.05, 4.69) is 48.8 Å². The average Bonchev–Trinajstić information content (AvgIpc) is 2.62. The molecule has 0 aromatic heterocycles. The molecule has 2 saturated heterocycles. The third-order valence-corrected chi connectivity index (χ3v) is 6.51. The summed E-state index contributed by atoms with van der Waals surface area (Å²) in [6, 6.07) is 14.6. The Bertz CT molecular complexity index is 798. The van der Waals surface area contributed by atoms with E-state index in [1.165, 1.54) is 31.5 Å². The summed E-state index contributed by atoms with van der Waals surface area (Å²) in [7, 11) is 0. The van der Waals surface area contributed by atoms with Crippen molar-refractivity contribution in [3.63, 3.8) is 0 Å². The molecule has 2 aromatic carbocycles. The SMILES string of the molecule is Cc1cccc(-c2ccc(CN3CC4(CCN(C(C)C)CC4)C3)c(F)c2)c1. The molecule has 0 unspecified atom stereocenters. The minimum atomic E-state index is -0.0791. The van der Waals surface area contributed by atoms with Gasteiger partial charge in [0, 0.05) is 31.2 Å². The van der Waals surface area contributed by atoms with Gasteiger partial charge in [-0.1, -0.05) is 42.0 Å². The van der Waals surface area contributed by atoms with E-state index >= 15 is 0 Å². The maximum Gasteiger partial charge on any atom is 0.128 e. The molecule has 2 fully saturated rings. The van der Waals surface area contributed by atoms with E-state index in [9.17, 15) is 4.39 Å². The maximum atomic E-state index is 14.7. The van der Waals surface area contributed by atoms with E-state index in [-0.39, 0.29) is 5.82 Å². The van der Waals surface area contributed by atoms with E-state index in [4.69, 9.17) is 0 Å². The van der Waals surface area contributed by atoms with Gasteiger partial charge in [0.05, 0.1) is 0 Å². The molecule has 2 aromatic rings. The van der Waals surface area contributed by atoms with E-state index in [1.54, 1.807) is 6.07 Å². The van der Waals surface area contributed by atoms with Gasteiger partial charge in [-0.2, -0.15) is 0 Å². The summed E-state index contributed by atoms with van der Waals surface area (Å²) >= 11 is 0. The van der Waals surface area contributed by atoms with Crippen LogP contribution in [0.3, 0.4) is 0 Å². The van der Waals surface area contributed by atoms with Crippen molar-refractivity contribution >= 4 is 0 Å². The van der Waals surface area contributed by atoms with Crippen LogP contribution in [0, 0.1) is 18.2 Å². The van der Waals surface area contributed by atoms with Crippen molar-refractivity contribution in [2.45, 2.75) is 46.2 Å². The van der Waals surface area contributed by atoms with Crippen LogP contribution in [-0.2, 0) is 6.54 Å². The Morgan fingerprint density at radius 2 is 1.70 bits per heavy atom. The van der Waals surface area contributed by atoms with Gasteiger partial charge in [-0.3, -0.25) is 4.90 Å². The van der Waals surface area contributed by atoms with Crippen molar-refractivity contribution in [2.75, 3.05) is 26.2 Å². The molecule has 0 saturated carbocycles. The van der Waals surface area contributed by atoms with Gasteiger partial charge in [0.15, 0.2) is 0 Å². The van der Waals surface area contributed by atoms with Crippen LogP contribution in [0.2, 0.25) is 0 Å². The Labute approximate surface area is 163 Å². The van der Waals surface area contributed by atoms with Gasteiger partial charge < -0.3 is 4.90 Å². The zero-order chi connectivity index (χ0) is 19.0. The molecule has 2 nitrogen and oxygen atoms in total. The van der Waals surface area contributed by atoms with Gasteiger partial charge in [-0.15, -0.1) is 0 Å². The van der Waals surface area contributed by atoms with E-state index in [0.717, 1.165) is 36.3 Å². The number of nitrogens with zero attached hydrogens (tertiary/aromatic N) is 2. The lowest BCUT2D eigenvalue weighted by Crippen LogP contribution is -2.60. The van der Waals surface area contributed by atoms with Crippen molar-refractivity contribution in [1.29, 1.82) is 0 Å². The van der Waals surface area contributed by atoms with E-state index in [1.807, 2.05) is 18.2 Å². The first-order valence-electron chi connectivity index (χ1n) is 10.3. The molecule has 0 atom stereocenters. The van der Waals surface area contributed by atoms with Crippen LogP contribution in [0.25, 0.3) is 11.1 Å². The first-order valence-corrected chi connectivity index (χ1v) is 10.3. The molecule has 0 bridgehead atoms. The lowest BCUT2D eigenvalue weighted by atomic mass is 9.71. The van der Waals surface area contributed by atoms with Gasteiger partial charge in [-0.05, 0) is 69.3 Å². The van der Waals surface area contributed by atoms with Gasteiger partial charge >= 0.3 is 0 Å². The number of piperidine rings is 1. The highest BCUT2D eigenvalue weighted by Gasteiger charge is 2.44. The molecule has 0 radical (unpaired) electrons. The Balaban J connectivity index is 1.36. The smallest absolute Gasteiger partial charge is 0.128 e. The molecule has 0 N–H and O–H groups in total. The topological polar surface area (TPSA) is 6.48 Å². The molecule has 144 valence electrons. The van der Waals surface area contributed by atoms with E-state index < -0.39 is 0 Å². The third kappa shape index (κ3) is 3.95. The first kappa shape index (κ1) is 18.6. The Morgan fingerprint density at radius 3 is 2.33 bits per heavy atom. The second-order valence-electron chi connectivity index (χ2n) is 8.95. The minimum Gasteiger partial charge on any atom is -0.301 e. The highest BCUT2D eigenvalue weighted by Crippen LogP contribution is 2.41. The summed E-state index contributed by atoms with van der Waals surface area (Å²) in [5, 5.41) is 0. The van der Waals surface area contributed by atoms with Crippen LogP contribution in [0.15, 0.2) is 42.5 Å². The Kier molecular flexibility index (Phi) is 5.09. The van der Waals surface area contributed by atoms with Crippen molar-refractivity contribution in [1.82, 2.24) is 9.80 Å². The monoisotopic (exact) mass is 366 g/mol.